The van der Waals surface area contributed by atoms with E-state index in [9.17, 15) is 9.59 Å². The molecule has 0 aliphatic carbocycles. The molecule has 98 valence electrons. The van der Waals surface area contributed by atoms with Crippen molar-refractivity contribution in [2.45, 2.75) is 64.3 Å². The van der Waals surface area contributed by atoms with Crippen LogP contribution < -0.4 is 5.32 Å². The van der Waals surface area contributed by atoms with Gasteiger partial charge in [0, 0.05) is 18.9 Å². The summed E-state index contributed by atoms with van der Waals surface area (Å²) in [5, 5.41) is 3.04. The maximum Gasteiger partial charge on any atom is 0.305 e. The molecular weight excluding hydrogens is 218 g/mol. The lowest BCUT2D eigenvalue weighted by molar-refractivity contribution is -0.143. The number of unbranched alkanes of at least 4 members (excludes halogenated alkanes) is 1. The van der Waals surface area contributed by atoms with Gasteiger partial charge in [-0.25, -0.2) is 0 Å². The number of amides is 1. The van der Waals surface area contributed by atoms with Gasteiger partial charge in [-0.05, 0) is 32.6 Å². The highest BCUT2D eigenvalue weighted by Crippen LogP contribution is 2.14. The summed E-state index contributed by atoms with van der Waals surface area (Å²) in [6.07, 6.45) is 7.17. The molecule has 1 fully saturated rings. The summed E-state index contributed by atoms with van der Waals surface area (Å²) >= 11 is 0. The van der Waals surface area contributed by atoms with Crippen molar-refractivity contribution in [3.8, 4) is 0 Å². The Balaban J connectivity index is 2.08. The van der Waals surface area contributed by atoms with Crippen LogP contribution in [0.2, 0.25) is 0 Å². The smallest absolute Gasteiger partial charge is 0.305 e. The van der Waals surface area contributed by atoms with Crippen molar-refractivity contribution < 1.29 is 14.3 Å². The van der Waals surface area contributed by atoms with Crippen molar-refractivity contribution in [2.75, 3.05) is 6.61 Å². The highest BCUT2D eigenvalue weighted by Gasteiger charge is 2.15. The molecule has 0 aromatic heterocycles. The molecule has 1 saturated heterocycles. The van der Waals surface area contributed by atoms with E-state index in [1.165, 1.54) is 0 Å². The van der Waals surface area contributed by atoms with Gasteiger partial charge in [0.05, 0.1) is 6.61 Å². The quantitative estimate of drug-likeness (QED) is 0.572. The minimum atomic E-state index is -0.114. The first-order valence-corrected chi connectivity index (χ1v) is 6.67. The summed E-state index contributed by atoms with van der Waals surface area (Å²) in [6.45, 7) is 2.27. The van der Waals surface area contributed by atoms with E-state index >= 15 is 0 Å². The highest BCUT2D eigenvalue weighted by molar-refractivity contribution is 5.76. The second-order valence-corrected chi connectivity index (χ2v) is 4.56. The maximum atomic E-state index is 11.3. The Kier molecular flexibility index (Phi) is 6.67. The monoisotopic (exact) mass is 241 g/mol. The van der Waals surface area contributed by atoms with Crippen molar-refractivity contribution in [3.63, 3.8) is 0 Å². The lowest BCUT2D eigenvalue weighted by Crippen LogP contribution is -2.32. The third kappa shape index (κ3) is 6.29. The van der Waals surface area contributed by atoms with Gasteiger partial charge in [0.25, 0.3) is 0 Å². The first kappa shape index (κ1) is 14.0. The number of rotatable bonds is 6. The summed E-state index contributed by atoms with van der Waals surface area (Å²) in [4.78, 5) is 22.4. The number of esters is 1. The van der Waals surface area contributed by atoms with Gasteiger partial charge in [-0.2, -0.15) is 0 Å². The van der Waals surface area contributed by atoms with Gasteiger partial charge in [0.2, 0.25) is 5.91 Å². The molecule has 0 aromatic rings. The Hall–Kier alpha value is -1.06. The standard InChI is InChI=1S/C13H23NO3/c1-2-17-13(16)10-6-4-8-11-7-3-5-9-12(15)14-11/h11H,2-10H2,1H3,(H,14,15). The molecule has 0 bridgehead atoms. The van der Waals surface area contributed by atoms with Crippen LogP contribution >= 0.6 is 0 Å². The summed E-state index contributed by atoms with van der Waals surface area (Å²) in [7, 11) is 0. The van der Waals surface area contributed by atoms with Crippen molar-refractivity contribution in [1.29, 1.82) is 0 Å². The Labute approximate surface area is 103 Å². The topological polar surface area (TPSA) is 55.4 Å². The first-order chi connectivity index (χ1) is 8.22. The van der Waals surface area contributed by atoms with E-state index in [0.717, 1.165) is 38.5 Å². The van der Waals surface area contributed by atoms with E-state index in [1.807, 2.05) is 6.92 Å². The Morgan fingerprint density at radius 3 is 3.00 bits per heavy atom. The van der Waals surface area contributed by atoms with E-state index in [0.29, 0.717) is 25.5 Å². The average molecular weight is 241 g/mol. The van der Waals surface area contributed by atoms with Gasteiger partial charge in [0.1, 0.15) is 0 Å². The van der Waals surface area contributed by atoms with Crippen LogP contribution in [0.5, 0.6) is 0 Å². The highest BCUT2D eigenvalue weighted by atomic mass is 16.5. The second kappa shape index (κ2) is 8.09. The molecular formula is C13H23NO3. The molecule has 17 heavy (non-hydrogen) atoms. The fourth-order valence-corrected chi connectivity index (χ4v) is 2.16. The number of carbonyl (C=O) groups excluding carboxylic acids is 2. The molecule has 1 unspecified atom stereocenters. The SMILES string of the molecule is CCOC(=O)CCCCC1CCCCC(=O)N1. The molecule has 1 rings (SSSR count). The van der Waals surface area contributed by atoms with Crippen molar-refractivity contribution in [3.05, 3.63) is 0 Å². The predicted molar refractivity (Wildman–Crippen MR) is 65.5 cm³/mol. The van der Waals surface area contributed by atoms with Crippen LogP contribution in [0.3, 0.4) is 0 Å². The van der Waals surface area contributed by atoms with E-state index in [2.05, 4.69) is 5.32 Å². The molecule has 0 spiro atoms. The van der Waals surface area contributed by atoms with Crippen molar-refractivity contribution >= 4 is 11.9 Å². The fraction of sp³-hybridized carbons (Fsp3) is 0.846. The largest absolute Gasteiger partial charge is 0.466 e. The number of hydrogen-bond acceptors (Lipinski definition) is 3. The molecule has 1 aliphatic heterocycles. The zero-order valence-corrected chi connectivity index (χ0v) is 10.7. The zero-order valence-electron chi connectivity index (χ0n) is 10.7. The van der Waals surface area contributed by atoms with Crippen LogP contribution in [-0.2, 0) is 14.3 Å². The van der Waals surface area contributed by atoms with Crippen LogP contribution in [0.15, 0.2) is 0 Å². The van der Waals surface area contributed by atoms with Gasteiger partial charge < -0.3 is 10.1 Å². The summed E-state index contributed by atoms with van der Waals surface area (Å²) in [5.74, 6) is 0.0651. The molecule has 1 N–H and O–H groups in total. The van der Waals surface area contributed by atoms with Gasteiger partial charge in [-0.1, -0.05) is 12.8 Å². The predicted octanol–water partition coefficient (Wildman–Crippen LogP) is 2.17. The Morgan fingerprint density at radius 1 is 1.41 bits per heavy atom. The zero-order chi connectivity index (χ0) is 12.5. The minimum absolute atomic E-state index is 0.114. The van der Waals surface area contributed by atoms with Gasteiger partial charge in [-0.15, -0.1) is 0 Å². The normalized spacial score (nSPS) is 20.5. The number of hydrogen-bond donors (Lipinski definition) is 1. The van der Waals surface area contributed by atoms with E-state index in [1.54, 1.807) is 0 Å². The lowest BCUT2D eigenvalue weighted by Gasteiger charge is -2.15. The second-order valence-electron chi connectivity index (χ2n) is 4.56. The minimum Gasteiger partial charge on any atom is -0.466 e. The molecule has 0 radical (unpaired) electrons. The number of carbonyl (C=O) groups is 2. The first-order valence-electron chi connectivity index (χ1n) is 6.67. The molecule has 0 saturated carbocycles. The molecule has 1 atom stereocenters. The summed E-state index contributed by atoms with van der Waals surface area (Å²) in [5.41, 5.74) is 0. The molecule has 1 aliphatic rings. The maximum absolute atomic E-state index is 11.3. The molecule has 4 nitrogen and oxygen atoms in total. The van der Waals surface area contributed by atoms with Crippen LogP contribution in [0.25, 0.3) is 0 Å². The van der Waals surface area contributed by atoms with E-state index in [4.69, 9.17) is 4.74 Å². The Morgan fingerprint density at radius 2 is 2.24 bits per heavy atom. The lowest BCUT2D eigenvalue weighted by atomic mass is 10.0. The number of nitrogens with one attached hydrogen (secondary N) is 1. The molecule has 1 heterocycles. The van der Waals surface area contributed by atoms with Crippen LogP contribution in [0.4, 0.5) is 0 Å². The van der Waals surface area contributed by atoms with Crippen LogP contribution in [0.1, 0.15) is 58.3 Å². The Bertz CT molecular complexity index is 253. The van der Waals surface area contributed by atoms with Crippen LogP contribution in [0, 0.1) is 0 Å². The number of ether oxygens (including phenoxy) is 1. The third-order valence-corrected chi connectivity index (χ3v) is 3.06. The van der Waals surface area contributed by atoms with Crippen molar-refractivity contribution in [2.24, 2.45) is 0 Å². The molecule has 0 aromatic carbocycles. The fourth-order valence-electron chi connectivity index (χ4n) is 2.16. The van der Waals surface area contributed by atoms with Gasteiger partial charge >= 0.3 is 5.97 Å². The molecule has 4 heteroatoms. The van der Waals surface area contributed by atoms with E-state index in [-0.39, 0.29) is 11.9 Å². The van der Waals surface area contributed by atoms with Crippen molar-refractivity contribution in [1.82, 2.24) is 5.32 Å². The van der Waals surface area contributed by atoms with E-state index < -0.39 is 0 Å². The summed E-state index contributed by atoms with van der Waals surface area (Å²) < 4.78 is 4.86. The molecule has 1 amide bonds. The summed E-state index contributed by atoms with van der Waals surface area (Å²) in [6, 6.07) is 0.312. The van der Waals surface area contributed by atoms with Gasteiger partial charge in [0.15, 0.2) is 0 Å². The van der Waals surface area contributed by atoms with Gasteiger partial charge in [-0.3, -0.25) is 9.59 Å². The average Bonchev–Trinajstić information content (AvgIpc) is 2.49. The third-order valence-electron chi connectivity index (χ3n) is 3.06. The van der Waals surface area contributed by atoms with Crippen LogP contribution in [-0.4, -0.2) is 24.5 Å².